The molecule has 0 saturated heterocycles. The van der Waals surface area contributed by atoms with Crippen molar-refractivity contribution in [3.63, 3.8) is 0 Å². The first kappa shape index (κ1) is 25.5. The zero-order valence-corrected chi connectivity index (χ0v) is 17.8. The number of likely N-dealkylation sites (N-methyl/N-ethyl adjacent to an activating group) is 1. The van der Waals surface area contributed by atoms with E-state index in [2.05, 4.69) is 16.6 Å². The molecule has 0 saturated carbocycles. The largest absolute Gasteiger partial charge is 0.462 e. The van der Waals surface area contributed by atoms with Crippen molar-refractivity contribution in [2.24, 2.45) is 0 Å². The molecular weight excluding hydrogens is 405 g/mol. The van der Waals surface area contributed by atoms with Crippen molar-refractivity contribution in [1.29, 1.82) is 5.26 Å². The van der Waals surface area contributed by atoms with Gasteiger partial charge in [-0.15, -0.1) is 0 Å². The number of nitrogens with one attached hydrogen (secondary N) is 1. The normalized spacial score (nSPS) is 10.1. The maximum Gasteiger partial charge on any atom is 0.349 e. The first-order valence-electron chi connectivity index (χ1n) is 8.22. The number of esters is 1. The van der Waals surface area contributed by atoms with Gasteiger partial charge in [0.05, 0.1) is 16.5 Å². The third kappa shape index (κ3) is 8.93. The molecule has 0 aromatic heterocycles. The van der Waals surface area contributed by atoms with Crippen molar-refractivity contribution in [1.82, 2.24) is 4.90 Å². The second-order valence-electron chi connectivity index (χ2n) is 5.10. The lowest BCUT2D eigenvalue weighted by atomic mass is 10.3. The first-order valence-corrected chi connectivity index (χ1v) is 9.48. The van der Waals surface area contributed by atoms with E-state index in [4.69, 9.17) is 16.9 Å². The number of ether oxygens (including phenoxy) is 1. The number of carbonyl (C=O) groups is 2. The number of benzene rings is 1. The SMILES string of the molecule is C=C(S/C=C(/C#N)C(=O)OCC)C(=O)N(C)CC.CNc1ccc(F)c(Cl)c1. The monoisotopic (exact) mass is 427 g/mol. The van der Waals surface area contributed by atoms with Crippen LogP contribution in [0.3, 0.4) is 0 Å². The Kier molecular flexibility index (Phi) is 12.4. The first-order chi connectivity index (χ1) is 13.2. The molecule has 0 aliphatic rings. The number of nitriles is 1. The topological polar surface area (TPSA) is 82.4 Å². The Bertz CT molecular complexity index is 778. The summed E-state index contributed by atoms with van der Waals surface area (Å²) in [4.78, 5) is 24.7. The third-order valence-electron chi connectivity index (χ3n) is 3.20. The Hall–Kier alpha value is -2.50. The van der Waals surface area contributed by atoms with Crippen molar-refractivity contribution < 1.29 is 18.7 Å². The van der Waals surface area contributed by atoms with E-state index in [0.29, 0.717) is 6.54 Å². The zero-order chi connectivity index (χ0) is 21.7. The molecule has 0 heterocycles. The number of hydrogen-bond donors (Lipinski definition) is 1. The number of thioether (sulfide) groups is 1. The zero-order valence-electron chi connectivity index (χ0n) is 16.2. The highest BCUT2D eigenvalue weighted by Gasteiger charge is 2.14. The summed E-state index contributed by atoms with van der Waals surface area (Å²) in [5, 5.41) is 13.0. The van der Waals surface area contributed by atoms with Crippen LogP contribution in [0.2, 0.25) is 5.02 Å². The lowest BCUT2D eigenvalue weighted by Crippen LogP contribution is -2.26. The fraction of sp³-hybridized carbons (Fsp3) is 0.316. The molecular formula is C19H23ClFN3O3S. The van der Waals surface area contributed by atoms with E-state index in [1.165, 1.54) is 22.4 Å². The van der Waals surface area contributed by atoms with Crippen molar-refractivity contribution in [3.8, 4) is 6.07 Å². The molecule has 0 spiro atoms. The number of carbonyl (C=O) groups excluding carboxylic acids is 2. The van der Waals surface area contributed by atoms with Crippen molar-refractivity contribution >= 4 is 40.9 Å². The summed E-state index contributed by atoms with van der Waals surface area (Å²) < 4.78 is 17.2. The molecule has 0 aliphatic carbocycles. The average Bonchev–Trinajstić information content (AvgIpc) is 2.69. The van der Waals surface area contributed by atoms with Crippen molar-refractivity contribution in [2.45, 2.75) is 13.8 Å². The van der Waals surface area contributed by atoms with Crippen LogP contribution in [0.4, 0.5) is 10.1 Å². The van der Waals surface area contributed by atoms with Crippen LogP contribution in [0.15, 0.2) is 40.7 Å². The molecule has 0 unspecified atom stereocenters. The maximum atomic E-state index is 12.5. The molecule has 152 valence electrons. The van der Waals surface area contributed by atoms with Gasteiger partial charge < -0.3 is 15.0 Å². The Morgan fingerprint density at radius 1 is 1.46 bits per heavy atom. The molecule has 6 nitrogen and oxygen atoms in total. The van der Waals surface area contributed by atoms with Gasteiger partial charge in [0.1, 0.15) is 17.5 Å². The summed E-state index contributed by atoms with van der Waals surface area (Å²) in [6, 6.07) is 6.22. The van der Waals surface area contributed by atoms with Crippen LogP contribution < -0.4 is 5.32 Å². The molecule has 0 bridgehead atoms. The second-order valence-corrected chi connectivity index (χ2v) is 6.47. The van der Waals surface area contributed by atoms with Gasteiger partial charge in [-0.25, -0.2) is 9.18 Å². The van der Waals surface area contributed by atoms with Gasteiger partial charge >= 0.3 is 5.97 Å². The van der Waals surface area contributed by atoms with Gasteiger partial charge in [-0.2, -0.15) is 5.26 Å². The Labute approximate surface area is 174 Å². The van der Waals surface area contributed by atoms with Crippen molar-refractivity contribution in [2.75, 3.05) is 32.6 Å². The van der Waals surface area contributed by atoms with Gasteiger partial charge in [0.25, 0.3) is 5.91 Å². The Balaban J connectivity index is 0.000000609. The summed E-state index contributed by atoms with van der Waals surface area (Å²) in [5.41, 5.74) is 0.668. The standard InChI is InChI=1S/C12H16N2O3S.C7H7ClFN/c1-5-14(4)11(15)9(3)18-8-10(7-13)12(16)17-6-2;1-10-5-2-3-7(9)6(8)4-5/h8H,3,5-6H2,1-2,4H3;2-4,10H,1H3/b10-8-;. The van der Waals surface area contributed by atoms with Crippen LogP contribution >= 0.6 is 23.4 Å². The van der Waals surface area contributed by atoms with E-state index in [1.54, 1.807) is 33.2 Å². The molecule has 1 aromatic carbocycles. The number of anilines is 1. The van der Waals surface area contributed by atoms with Gasteiger partial charge in [0.15, 0.2) is 0 Å². The van der Waals surface area contributed by atoms with Gasteiger partial charge in [0, 0.05) is 31.7 Å². The molecule has 1 aromatic rings. The molecule has 1 rings (SSSR count). The number of halogens is 2. The summed E-state index contributed by atoms with van der Waals surface area (Å²) >= 11 is 6.42. The van der Waals surface area contributed by atoms with Gasteiger partial charge in [0.2, 0.25) is 0 Å². The minimum atomic E-state index is -0.698. The van der Waals surface area contributed by atoms with Crippen LogP contribution in [0.5, 0.6) is 0 Å². The van der Waals surface area contributed by atoms with Crippen LogP contribution in [-0.2, 0) is 14.3 Å². The molecule has 0 radical (unpaired) electrons. The molecule has 0 fully saturated rings. The minimum absolute atomic E-state index is 0.144. The quantitative estimate of drug-likeness (QED) is 0.399. The van der Waals surface area contributed by atoms with Crippen LogP contribution in [0.25, 0.3) is 0 Å². The molecule has 0 aliphatic heterocycles. The van der Waals surface area contributed by atoms with E-state index >= 15 is 0 Å². The van der Waals surface area contributed by atoms with E-state index in [-0.39, 0.29) is 33.8 Å². The molecule has 1 amide bonds. The van der Waals surface area contributed by atoms with E-state index in [9.17, 15) is 14.0 Å². The van der Waals surface area contributed by atoms with E-state index in [1.807, 2.05) is 6.92 Å². The van der Waals surface area contributed by atoms with Gasteiger partial charge in [-0.1, -0.05) is 29.9 Å². The Morgan fingerprint density at radius 2 is 2.11 bits per heavy atom. The molecule has 28 heavy (non-hydrogen) atoms. The van der Waals surface area contributed by atoms with Gasteiger partial charge in [-0.05, 0) is 32.0 Å². The average molecular weight is 428 g/mol. The third-order valence-corrected chi connectivity index (χ3v) is 4.31. The number of amides is 1. The number of hydrogen-bond acceptors (Lipinski definition) is 6. The molecule has 9 heteroatoms. The van der Waals surface area contributed by atoms with E-state index < -0.39 is 5.97 Å². The summed E-state index contributed by atoms with van der Waals surface area (Å²) in [6.45, 7) is 7.85. The number of rotatable bonds is 7. The predicted octanol–water partition coefficient (Wildman–Crippen LogP) is 4.20. The predicted molar refractivity (Wildman–Crippen MR) is 111 cm³/mol. The summed E-state index contributed by atoms with van der Waals surface area (Å²) in [5.74, 6) is -1.32. The van der Waals surface area contributed by atoms with Crippen LogP contribution in [-0.4, -0.2) is 44.0 Å². The summed E-state index contributed by atoms with van der Waals surface area (Å²) in [7, 11) is 3.40. The Morgan fingerprint density at radius 3 is 2.57 bits per heavy atom. The van der Waals surface area contributed by atoms with Crippen LogP contribution in [0.1, 0.15) is 13.8 Å². The molecule has 1 N–H and O–H groups in total. The highest BCUT2D eigenvalue weighted by molar-refractivity contribution is 8.06. The fourth-order valence-corrected chi connectivity index (χ4v) is 2.36. The molecule has 0 atom stereocenters. The highest BCUT2D eigenvalue weighted by Crippen LogP contribution is 2.20. The fourth-order valence-electron chi connectivity index (χ4n) is 1.52. The maximum absolute atomic E-state index is 12.5. The summed E-state index contributed by atoms with van der Waals surface area (Å²) in [6.07, 6.45) is 0. The highest BCUT2D eigenvalue weighted by atomic mass is 35.5. The van der Waals surface area contributed by atoms with Crippen LogP contribution in [0, 0.1) is 17.1 Å². The van der Waals surface area contributed by atoms with Gasteiger partial charge in [-0.3, -0.25) is 4.79 Å². The smallest absolute Gasteiger partial charge is 0.349 e. The minimum Gasteiger partial charge on any atom is -0.462 e. The van der Waals surface area contributed by atoms with E-state index in [0.717, 1.165) is 17.4 Å². The lowest BCUT2D eigenvalue weighted by molar-refractivity contribution is -0.138. The second kappa shape index (κ2) is 13.6. The number of nitrogens with zero attached hydrogens (tertiary/aromatic N) is 2. The van der Waals surface area contributed by atoms with Crippen molar-refractivity contribution in [3.05, 3.63) is 51.5 Å². The lowest BCUT2D eigenvalue weighted by Gasteiger charge is -2.14.